The molecule has 0 aliphatic carbocycles. The Labute approximate surface area is 156 Å². The van der Waals surface area contributed by atoms with Crippen molar-refractivity contribution in [2.75, 3.05) is 18.5 Å². The van der Waals surface area contributed by atoms with E-state index >= 15 is 0 Å². The number of amides is 2. The maximum atomic E-state index is 12.7. The molecule has 0 saturated carbocycles. The minimum Gasteiger partial charge on any atom is -0.490 e. The molecule has 26 heavy (non-hydrogen) atoms. The fourth-order valence-corrected chi connectivity index (χ4v) is 3.24. The molecule has 1 aromatic carbocycles. The second kappa shape index (κ2) is 8.23. The summed E-state index contributed by atoms with van der Waals surface area (Å²) in [7, 11) is 0. The van der Waals surface area contributed by atoms with Crippen molar-refractivity contribution >= 4 is 28.8 Å². The summed E-state index contributed by atoms with van der Waals surface area (Å²) < 4.78 is 11.2. The van der Waals surface area contributed by atoms with Crippen LogP contribution in [0.25, 0.3) is 0 Å². The Kier molecular flexibility index (Phi) is 5.78. The van der Waals surface area contributed by atoms with Gasteiger partial charge in [-0.25, -0.2) is 0 Å². The van der Waals surface area contributed by atoms with Crippen LogP contribution in [0.1, 0.15) is 29.9 Å². The fourth-order valence-electron chi connectivity index (χ4n) is 2.62. The van der Waals surface area contributed by atoms with Gasteiger partial charge in [0.25, 0.3) is 5.91 Å². The lowest BCUT2D eigenvalue weighted by Gasteiger charge is -2.21. The predicted molar refractivity (Wildman–Crippen MR) is 101 cm³/mol. The Bertz CT molecular complexity index is 774. The van der Waals surface area contributed by atoms with Gasteiger partial charge in [-0.1, -0.05) is 19.9 Å². The van der Waals surface area contributed by atoms with Crippen molar-refractivity contribution in [2.45, 2.75) is 26.3 Å². The molecule has 3 rings (SSSR count). The normalized spacial score (nSPS) is 14.4. The average molecular weight is 374 g/mol. The number of carbonyl (C=O) groups is 2. The van der Waals surface area contributed by atoms with Gasteiger partial charge in [-0.15, -0.1) is 11.3 Å². The smallest absolute Gasteiger partial charge is 0.262 e. The number of thiophene rings is 1. The third-order valence-corrected chi connectivity index (χ3v) is 4.86. The highest BCUT2D eigenvalue weighted by Gasteiger charge is 2.25. The zero-order valence-corrected chi connectivity index (χ0v) is 15.6. The predicted octanol–water partition coefficient (Wildman–Crippen LogP) is 3.30. The van der Waals surface area contributed by atoms with Gasteiger partial charge < -0.3 is 20.1 Å². The standard InChI is InChI=1S/C19H22N2O4S/c1-12(2)17(21-18(22)16-5-3-10-26-16)19(23)20-13-6-7-14-15(11-13)25-9-4-8-24-14/h3,5-7,10-12,17H,4,8-9H2,1-2H3,(H,20,23)(H,21,22). The lowest BCUT2D eigenvalue weighted by atomic mass is 10.0. The Morgan fingerprint density at radius 1 is 1.12 bits per heavy atom. The summed E-state index contributed by atoms with van der Waals surface area (Å²) in [5.74, 6) is 0.724. The number of carbonyl (C=O) groups excluding carboxylic acids is 2. The average Bonchev–Trinajstić information content (AvgIpc) is 3.05. The molecule has 6 nitrogen and oxygen atoms in total. The van der Waals surface area contributed by atoms with E-state index in [0.717, 1.165) is 6.42 Å². The van der Waals surface area contributed by atoms with Crippen LogP contribution in [0.4, 0.5) is 5.69 Å². The maximum Gasteiger partial charge on any atom is 0.262 e. The summed E-state index contributed by atoms with van der Waals surface area (Å²) in [6, 6.07) is 8.20. The minimum absolute atomic E-state index is 0.0562. The Morgan fingerprint density at radius 3 is 2.58 bits per heavy atom. The van der Waals surface area contributed by atoms with E-state index in [4.69, 9.17) is 9.47 Å². The van der Waals surface area contributed by atoms with E-state index in [1.807, 2.05) is 25.3 Å². The summed E-state index contributed by atoms with van der Waals surface area (Å²) >= 11 is 1.34. The molecule has 1 aromatic heterocycles. The van der Waals surface area contributed by atoms with Gasteiger partial charge in [0.05, 0.1) is 18.1 Å². The summed E-state index contributed by atoms with van der Waals surface area (Å²) in [5, 5.41) is 7.50. The molecule has 1 atom stereocenters. The molecule has 0 saturated heterocycles. The molecule has 2 N–H and O–H groups in total. The van der Waals surface area contributed by atoms with E-state index in [1.165, 1.54) is 11.3 Å². The van der Waals surface area contributed by atoms with E-state index < -0.39 is 6.04 Å². The molecule has 0 fully saturated rings. The van der Waals surface area contributed by atoms with Crippen molar-refractivity contribution in [1.82, 2.24) is 5.32 Å². The number of fused-ring (bicyclic) bond motifs is 1. The maximum absolute atomic E-state index is 12.7. The molecule has 1 unspecified atom stereocenters. The van der Waals surface area contributed by atoms with Gasteiger partial charge in [-0.3, -0.25) is 9.59 Å². The largest absolute Gasteiger partial charge is 0.490 e. The van der Waals surface area contributed by atoms with Crippen LogP contribution in [0.5, 0.6) is 11.5 Å². The lowest BCUT2D eigenvalue weighted by Crippen LogP contribution is -2.46. The molecular formula is C19H22N2O4S. The zero-order chi connectivity index (χ0) is 18.5. The number of rotatable bonds is 5. The molecule has 0 radical (unpaired) electrons. The molecule has 1 aliphatic heterocycles. The van der Waals surface area contributed by atoms with Crippen molar-refractivity contribution in [3.63, 3.8) is 0 Å². The van der Waals surface area contributed by atoms with Gasteiger partial charge in [-0.2, -0.15) is 0 Å². The number of hydrogen-bond acceptors (Lipinski definition) is 5. The summed E-state index contributed by atoms with van der Waals surface area (Å²) in [4.78, 5) is 25.6. The van der Waals surface area contributed by atoms with Crippen LogP contribution < -0.4 is 20.1 Å². The quantitative estimate of drug-likeness (QED) is 0.842. The van der Waals surface area contributed by atoms with Crippen LogP contribution in [0.15, 0.2) is 35.7 Å². The highest BCUT2D eigenvalue weighted by atomic mass is 32.1. The van der Waals surface area contributed by atoms with E-state index in [2.05, 4.69) is 10.6 Å². The first-order valence-electron chi connectivity index (χ1n) is 8.59. The molecule has 2 heterocycles. The van der Waals surface area contributed by atoms with Crippen LogP contribution >= 0.6 is 11.3 Å². The van der Waals surface area contributed by atoms with E-state index in [9.17, 15) is 9.59 Å². The van der Waals surface area contributed by atoms with Gasteiger partial charge in [0.1, 0.15) is 6.04 Å². The SMILES string of the molecule is CC(C)C(NC(=O)c1cccs1)C(=O)Nc1ccc2c(c1)OCCCO2. The third kappa shape index (κ3) is 4.35. The second-order valence-electron chi connectivity index (χ2n) is 6.37. The van der Waals surface area contributed by atoms with Crippen molar-refractivity contribution in [1.29, 1.82) is 0 Å². The van der Waals surface area contributed by atoms with E-state index in [0.29, 0.717) is 35.3 Å². The lowest BCUT2D eigenvalue weighted by molar-refractivity contribution is -0.118. The molecule has 2 aromatic rings. The van der Waals surface area contributed by atoms with Crippen molar-refractivity contribution in [2.24, 2.45) is 5.92 Å². The number of hydrogen-bond donors (Lipinski definition) is 2. The third-order valence-electron chi connectivity index (χ3n) is 4.00. The zero-order valence-electron chi connectivity index (χ0n) is 14.8. The molecule has 0 bridgehead atoms. The highest BCUT2D eigenvalue weighted by Crippen LogP contribution is 2.32. The molecule has 0 spiro atoms. The molecule has 7 heteroatoms. The van der Waals surface area contributed by atoms with E-state index in [-0.39, 0.29) is 17.7 Å². The minimum atomic E-state index is -0.638. The Morgan fingerprint density at radius 2 is 1.88 bits per heavy atom. The fraction of sp³-hybridized carbons (Fsp3) is 0.368. The van der Waals surface area contributed by atoms with E-state index in [1.54, 1.807) is 24.3 Å². The van der Waals surface area contributed by atoms with Gasteiger partial charge >= 0.3 is 0 Å². The van der Waals surface area contributed by atoms with Crippen LogP contribution in [-0.2, 0) is 4.79 Å². The van der Waals surface area contributed by atoms with Gasteiger partial charge in [0.2, 0.25) is 5.91 Å². The summed E-state index contributed by atoms with van der Waals surface area (Å²) in [5.41, 5.74) is 0.607. The summed E-state index contributed by atoms with van der Waals surface area (Å²) in [6.45, 7) is 4.98. The monoisotopic (exact) mass is 374 g/mol. The molecular weight excluding hydrogens is 352 g/mol. The molecule has 1 aliphatic rings. The van der Waals surface area contributed by atoms with Gasteiger partial charge in [-0.05, 0) is 29.5 Å². The first-order valence-corrected chi connectivity index (χ1v) is 9.47. The van der Waals surface area contributed by atoms with Crippen LogP contribution in [0.3, 0.4) is 0 Å². The Hall–Kier alpha value is -2.54. The van der Waals surface area contributed by atoms with Crippen molar-refractivity contribution < 1.29 is 19.1 Å². The molecule has 138 valence electrons. The Balaban J connectivity index is 1.70. The van der Waals surface area contributed by atoms with Crippen LogP contribution in [-0.4, -0.2) is 31.1 Å². The topological polar surface area (TPSA) is 76.7 Å². The number of anilines is 1. The highest BCUT2D eigenvalue weighted by molar-refractivity contribution is 7.12. The van der Waals surface area contributed by atoms with Gasteiger partial charge in [0.15, 0.2) is 11.5 Å². The summed E-state index contributed by atoms with van der Waals surface area (Å²) in [6.07, 6.45) is 0.820. The number of nitrogens with one attached hydrogen (secondary N) is 2. The van der Waals surface area contributed by atoms with Crippen molar-refractivity contribution in [3.05, 3.63) is 40.6 Å². The van der Waals surface area contributed by atoms with Gasteiger partial charge in [0, 0.05) is 18.2 Å². The van der Waals surface area contributed by atoms with Crippen LogP contribution in [0, 0.1) is 5.92 Å². The van der Waals surface area contributed by atoms with Crippen LogP contribution in [0.2, 0.25) is 0 Å². The second-order valence-corrected chi connectivity index (χ2v) is 7.32. The first kappa shape index (κ1) is 18.3. The number of ether oxygens (including phenoxy) is 2. The first-order chi connectivity index (χ1) is 12.5. The molecule has 2 amide bonds. The number of benzene rings is 1. The van der Waals surface area contributed by atoms with Crippen molar-refractivity contribution in [3.8, 4) is 11.5 Å².